The van der Waals surface area contributed by atoms with Gasteiger partial charge in [0, 0.05) is 24.0 Å². The van der Waals surface area contributed by atoms with Crippen LogP contribution in [0.1, 0.15) is 42.4 Å². The van der Waals surface area contributed by atoms with Crippen molar-refractivity contribution in [2.24, 2.45) is 0 Å². The van der Waals surface area contributed by atoms with Gasteiger partial charge in [-0.1, -0.05) is 32.0 Å². The number of benzene rings is 1. The van der Waals surface area contributed by atoms with Gasteiger partial charge < -0.3 is 5.32 Å². The predicted molar refractivity (Wildman–Crippen MR) is 105 cm³/mol. The monoisotopic (exact) mass is 361 g/mol. The lowest BCUT2D eigenvalue weighted by atomic mass is 10.1. The van der Waals surface area contributed by atoms with Crippen LogP contribution >= 0.6 is 0 Å². The molecule has 1 N–H and O–H groups in total. The molecule has 0 amide bonds. The maximum Gasteiger partial charge on any atom is 0.254 e. The number of fused-ring (bicyclic) bond motifs is 1. The molecule has 7 heteroatoms. The topological polar surface area (TPSA) is 72.9 Å². The predicted octanol–water partition coefficient (Wildman–Crippen LogP) is 3.66. The van der Waals surface area contributed by atoms with Crippen LogP contribution in [0, 0.1) is 13.8 Å². The third-order valence-corrected chi connectivity index (χ3v) is 4.52. The van der Waals surface area contributed by atoms with E-state index in [1.54, 1.807) is 0 Å². The zero-order valence-corrected chi connectivity index (χ0v) is 16.0. The van der Waals surface area contributed by atoms with Crippen LogP contribution in [0.15, 0.2) is 42.6 Å². The summed E-state index contributed by atoms with van der Waals surface area (Å²) in [5, 5.41) is 12.5. The number of rotatable bonds is 5. The van der Waals surface area contributed by atoms with E-state index in [-0.39, 0.29) is 0 Å². The Balaban J connectivity index is 1.57. The van der Waals surface area contributed by atoms with Crippen molar-refractivity contribution in [1.82, 2.24) is 29.4 Å². The molecule has 0 radical (unpaired) electrons. The van der Waals surface area contributed by atoms with E-state index in [9.17, 15) is 0 Å². The molecule has 27 heavy (non-hydrogen) atoms. The molecule has 3 aromatic heterocycles. The summed E-state index contributed by atoms with van der Waals surface area (Å²) in [6.07, 6.45) is 2.04. The summed E-state index contributed by atoms with van der Waals surface area (Å²) in [5.41, 5.74) is 5.17. The number of nitrogens with zero attached hydrogens (tertiary/aromatic N) is 6. The van der Waals surface area contributed by atoms with Crippen molar-refractivity contribution in [3.05, 3.63) is 65.2 Å². The van der Waals surface area contributed by atoms with Crippen LogP contribution in [-0.4, -0.2) is 29.4 Å². The number of hydrogen-bond acceptors (Lipinski definition) is 5. The summed E-state index contributed by atoms with van der Waals surface area (Å²) >= 11 is 0. The van der Waals surface area contributed by atoms with Gasteiger partial charge in [-0.05, 0) is 38.0 Å². The second-order valence-corrected chi connectivity index (χ2v) is 7.00. The quantitative estimate of drug-likeness (QED) is 0.587. The van der Waals surface area contributed by atoms with Crippen molar-refractivity contribution in [2.45, 2.75) is 40.2 Å². The highest BCUT2D eigenvalue weighted by molar-refractivity contribution is 5.41. The van der Waals surface area contributed by atoms with Crippen molar-refractivity contribution >= 4 is 11.7 Å². The van der Waals surface area contributed by atoms with Crippen LogP contribution in [0.2, 0.25) is 0 Å². The van der Waals surface area contributed by atoms with Crippen molar-refractivity contribution in [3.63, 3.8) is 0 Å². The molecule has 3 heterocycles. The SMILES string of the molecule is Cc1cc(C(C)C)n2nc(NCc3cn(-c4ccccc4)nc3C)nc2n1. The van der Waals surface area contributed by atoms with E-state index in [2.05, 4.69) is 45.4 Å². The number of para-hydroxylation sites is 1. The standard InChI is InChI=1S/C20H23N7/c1-13(2)18-10-14(3)22-20-23-19(25-27(18)20)21-11-16-12-26(24-15(16)4)17-8-6-5-7-9-17/h5-10,12-13H,11H2,1-4H3,(H,21,25). The molecule has 0 aliphatic heterocycles. The van der Waals surface area contributed by atoms with Crippen LogP contribution in [-0.2, 0) is 6.54 Å². The molecule has 0 spiro atoms. The summed E-state index contributed by atoms with van der Waals surface area (Å²) in [7, 11) is 0. The molecule has 0 bridgehead atoms. The van der Waals surface area contributed by atoms with E-state index in [0.29, 0.717) is 24.2 Å². The zero-order chi connectivity index (χ0) is 19.0. The fraction of sp³-hybridized carbons (Fsp3) is 0.300. The van der Waals surface area contributed by atoms with Gasteiger partial charge in [0.2, 0.25) is 5.95 Å². The first-order valence-electron chi connectivity index (χ1n) is 9.10. The van der Waals surface area contributed by atoms with E-state index in [4.69, 9.17) is 0 Å². The van der Waals surface area contributed by atoms with E-state index in [0.717, 1.165) is 28.3 Å². The van der Waals surface area contributed by atoms with Crippen molar-refractivity contribution in [1.29, 1.82) is 0 Å². The Hall–Kier alpha value is -3.22. The largest absolute Gasteiger partial charge is 0.349 e. The summed E-state index contributed by atoms with van der Waals surface area (Å²) in [6.45, 7) is 8.88. The molecule has 0 aliphatic rings. The Morgan fingerprint density at radius 3 is 2.56 bits per heavy atom. The van der Waals surface area contributed by atoms with Gasteiger partial charge in [0.25, 0.3) is 5.78 Å². The molecule has 7 nitrogen and oxygen atoms in total. The molecule has 138 valence electrons. The molecule has 0 unspecified atom stereocenters. The minimum atomic E-state index is 0.343. The smallest absolute Gasteiger partial charge is 0.254 e. The van der Waals surface area contributed by atoms with Gasteiger partial charge in [-0.25, -0.2) is 9.67 Å². The minimum Gasteiger partial charge on any atom is -0.349 e. The minimum absolute atomic E-state index is 0.343. The normalized spacial score (nSPS) is 11.4. The van der Waals surface area contributed by atoms with Crippen LogP contribution in [0.5, 0.6) is 0 Å². The molecule has 0 atom stereocenters. The van der Waals surface area contributed by atoms with Gasteiger partial charge >= 0.3 is 0 Å². The Morgan fingerprint density at radius 2 is 1.81 bits per heavy atom. The Labute approximate surface area is 158 Å². The Kier molecular flexibility index (Phi) is 4.35. The maximum atomic E-state index is 4.60. The first-order chi connectivity index (χ1) is 13.0. The first-order valence-corrected chi connectivity index (χ1v) is 9.10. The van der Waals surface area contributed by atoms with Gasteiger partial charge in [0.15, 0.2) is 0 Å². The molecule has 0 saturated carbocycles. The number of anilines is 1. The van der Waals surface area contributed by atoms with Crippen molar-refractivity contribution < 1.29 is 0 Å². The van der Waals surface area contributed by atoms with Crippen molar-refractivity contribution in [3.8, 4) is 5.69 Å². The fourth-order valence-electron chi connectivity index (χ4n) is 3.06. The molecule has 4 aromatic rings. The lowest BCUT2D eigenvalue weighted by molar-refractivity contribution is 0.745. The molecular weight excluding hydrogens is 338 g/mol. The second kappa shape index (κ2) is 6.83. The summed E-state index contributed by atoms with van der Waals surface area (Å²) in [5.74, 6) is 1.54. The van der Waals surface area contributed by atoms with E-state index in [1.165, 1.54) is 0 Å². The molecule has 0 aliphatic carbocycles. The number of aryl methyl sites for hydroxylation is 2. The second-order valence-electron chi connectivity index (χ2n) is 7.00. The third kappa shape index (κ3) is 3.40. The highest BCUT2D eigenvalue weighted by Gasteiger charge is 2.13. The Morgan fingerprint density at radius 1 is 1.04 bits per heavy atom. The average molecular weight is 361 g/mol. The molecule has 1 aromatic carbocycles. The van der Waals surface area contributed by atoms with Gasteiger partial charge in [-0.15, -0.1) is 5.10 Å². The average Bonchev–Trinajstić information content (AvgIpc) is 3.22. The van der Waals surface area contributed by atoms with Gasteiger partial charge in [-0.3, -0.25) is 0 Å². The highest BCUT2D eigenvalue weighted by Crippen LogP contribution is 2.18. The summed E-state index contributed by atoms with van der Waals surface area (Å²) < 4.78 is 3.71. The summed E-state index contributed by atoms with van der Waals surface area (Å²) in [6, 6.07) is 12.1. The maximum absolute atomic E-state index is 4.60. The molecule has 0 fully saturated rings. The van der Waals surface area contributed by atoms with Crippen LogP contribution < -0.4 is 5.32 Å². The third-order valence-electron chi connectivity index (χ3n) is 4.52. The first kappa shape index (κ1) is 17.2. The summed E-state index contributed by atoms with van der Waals surface area (Å²) in [4.78, 5) is 9.02. The van der Waals surface area contributed by atoms with Gasteiger partial charge in [0.05, 0.1) is 17.1 Å². The van der Waals surface area contributed by atoms with Crippen LogP contribution in [0.3, 0.4) is 0 Å². The Bertz CT molecular complexity index is 1080. The van der Waals surface area contributed by atoms with Crippen LogP contribution in [0.4, 0.5) is 5.95 Å². The van der Waals surface area contributed by atoms with E-state index < -0.39 is 0 Å². The van der Waals surface area contributed by atoms with Crippen molar-refractivity contribution in [2.75, 3.05) is 5.32 Å². The zero-order valence-electron chi connectivity index (χ0n) is 16.0. The molecular formula is C20H23N7. The fourth-order valence-corrected chi connectivity index (χ4v) is 3.06. The highest BCUT2D eigenvalue weighted by atomic mass is 15.4. The van der Waals surface area contributed by atoms with E-state index in [1.807, 2.05) is 59.6 Å². The van der Waals surface area contributed by atoms with Gasteiger partial charge in [0.1, 0.15) is 0 Å². The van der Waals surface area contributed by atoms with Gasteiger partial charge in [-0.2, -0.15) is 14.6 Å². The number of hydrogen-bond donors (Lipinski definition) is 1. The van der Waals surface area contributed by atoms with Crippen LogP contribution in [0.25, 0.3) is 11.5 Å². The lowest BCUT2D eigenvalue weighted by Crippen LogP contribution is -2.04. The lowest BCUT2D eigenvalue weighted by Gasteiger charge is -2.07. The molecule has 0 saturated heterocycles. The molecule has 4 rings (SSSR count). The number of nitrogens with one attached hydrogen (secondary N) is 1. The van der Waals surface area contributed by atoms with E-state index >= 15 is 0 Å². The number of aromatic nitrogens is 6.